The van der Waals surface area contributed by atoms with Crippen LogP contribution in [-0.4, -0.2) is 53.2 Å². The van der Waals surface area contributed by atoms with Gasteiger partial charge in [-0.05, 0) is 42.9 Å². The maximum absolute atomic E-state index is 12.0. The zero-order valence-electron chi connectivity index (χ0n) is 14.2. The van der Waals surface area contributed by atoms with Gasteiger partial charge >= 0.3 is 6.03 Å². The molecule has 6 nitrogen and oxygen atoms in total. The fourth-order valence-corrected chi connectivity index (χ4v) is 3.80. The van der Waals surface area contributed by atoms with Crippen molar-refractivity contribution in [1.29, 1.82) is 0 Å². The second-order valence-electron chi connectivity index (χ2n) is 7.05. The highest BCUT2D eigenvalue weighted by molar-refractivity contribution is 5.74. The number of nitrogens with zero attached hydrogens (tertiary/aromatic N) is 2. The second kappa shape index (κ2) is 8.44. The number of carbonyl (C=O) groups is 1. The molecule has 2 amide bonds. The number of likely N-dealkylation sites (tertiary alicyclic amines) is 1. The summed E-state index contributed by atoms with van der Waals surface area (Å²) in [6, 6.07) is 3.52. The Morgan fingerprint density at radius 2 is 2.04 bits per heavy atom. The molecule has 2 heterocycles. The van der Waals surface area contributed by atoms with Crippen LogP contribution in [0.4, 0.5) is 4.79 Å². The lowest BCUT2D eigenvalue weighted by atomic mass is 10.1. The average molecular weight is 332 g/mol. The molecule has 0 spiro atoms. The minimum Gasteiger partial charge on any atom is -0.387 e. The Kier molecular flexibility index (Phi) is 6.04. The lowest BCUT2D eigenvalue weighted by Crippen LogP contribution is -2.44. The van der Waals surface area contributed by atoms with Crippen molar-refractivity contribution in [3.8, 4) is 0 Å². The lowest BCUT2D eigenvalue weighted by Gasteiger charge is -2.20. The highest BCUT2D eigenvalue weighted by atomic mass is 16.3. The van der Waals surface area contributed by atoms with Gasteiger partial charge in [-0.15, -0.1) is 0 Å². The van der Waals surface area contributed by atoms with E-state index in [0.29, 0.717) is 0 Å². The number of aromatic nitrogens is 1. The molecule has 2 unspecified atom stereocenters. The van der Waals surface area contributed by atoms with E-state index in [4.69, 9.17) is 0 Å². The zero-order valence-corrected chi connectivity index (χ0v) is 14.2. The Bertz CT molecular complexity index is 519. The highest BCUT2D eigenvalue weighted by Gasteiger charge is 2.26. The van der Waals surface area contributed by atoms with Crippen molar-refractivity contribution in [2.45, 2.75) is 44.2 Å². The number of rotatable bonds is 6. The molecule has 24 heavy (non-hydrogen) atoms. The minimum atomic E-state index is -0.707. The molecule has 0 radical (unpaired) electrons. The Balaban J connectivity index is 1.35. The summed E-state index contributed by atoms with van der Waals surface area (Å²) in [5.41, 5.74) is 0.758. The topological polar surface area (TPSA) is 77.5 Å². The molecular weight excluding hydrogens is 304 g/mol. The number of urea groups is 1. The van der Waals surface area contributed by atoms with Crippen LogP contribution in [0.25, 0.3) is 0 Å². The van der Waals surface area contributed by atoms with Gasteiger partial charge in [-0.25, -0.2) is 4.79 Å². The molecule has 1 saturated heterocycles. The first kappa shape index (κ1) is 17.2. The van der Waals surface area contributed by atoms with Gasteiger partial charge in [0.2, 0.25) is 0 Å². The zero-order chi connectivity index (χ0) is 16.8. The molecular formula is C18H28N4O2. The van der Waals surface area contributed by atoms with E-state index in [-0.39, 0.29) is 18.6 Å². The maximum atomic E-state index is 12.0. The molecule has 2 aliphatic rings. The molecule has 132 valence electrons. The number of hydrogen-bond donors (Lipinski definition) is 3. The predicted molar refractivity (Wildman–Crippen MR) is 92.5 cm³/mol. The maximum Gasteiger partial charge on any atom is 0.315 e. The molecule has 1 aromatic rings. The van der Waals surface area contributed by atoms with Crippen molar-refractivity contribution in [2.24, 2.45) is 5.92 Å². The van der Waals surface area contributed by atoms with Crippen molar-refractivity contribution in [3.05, 3.63) is 30.1 Å². The van der Waals surface area contributed by atoms with Gasteiger partial charge < -0.3 is 20.6 Å². The molecule has 3 N–H and O–H groups in total. The van der Waals surface area contributed by atoms with E-state index in [9.17, 15) is 9.90 Å². The van der Waals surface area contributed by atoms with Crippen molar-refractivity contribution in [1.82, 2.24) is 20.5 Å². The SMILES string of the molecule is O=C(NCC(O)c1ccncc1)NC1CCN(CC2CCCC2)C1. The van der Waals surface area contributed by atoms with Crippen molar-refractivity contribution >= 4 is 6.03 Å². The van der Waals surface area contributed by atoms with Gasteiger partial charge in [0, 0.05) is 44.6 Å². The number of pyridine rings is 1. The largest absolute Gasteiger partial charge is 0.387 e. The van der Waals surface area contributed by atoms with Gasteiger partial charge in [-0.2, -0.15) is 0 Å². The van der Waals surface area contributed by atoms with E-state index in [2.05, 4.69) is 20.5 Å². The first-order valence-corrected chi connectivity index (χ1v) is 9.05. The number of carbonyl (C=O) groups excluding carboxylic acids is 1. The number of amides is 2. The predicted octanol–water partition coefficient (Wildman–Crippen LogP) is 1.68. The molecule has 6 heteroatoms. The van der Waals surface area contributed by atoms with Crippen LogP contribution in [0.5, 0.6) is 0 Å². The van der Waals surface area contributed by atoms with Crippen molar-refractivity contribution in [3.63, 3.8) is 0 Å². The first-order valence-electron chi connectivity index (χ1n) is 9.05. The van der Waals surface area contributed by atoms with Gasteiger partial charge in [0.05, 0.1) is 6.10 Å². The van der Waals surface area contributed by atoms with Crippen LogP contribution >= 0.6 is 0 Å². The summed E-state index contributed by atoms with van der Waals surface area (Å²) in [4.78, 5) is 18.4. The van der Waals surface area contributed by atoms with Crippen LogP contribution in [0.3, 0.4) is 0 Å². The van der Waals surface area contributed by atoms with E-state index in [1.54, 1.807) is 24.5 Å². The Morgan fingerprint density at radius 3 is 2.79 bits per heavy atom. The molecule has 1 saturated carbocycles. The van der Waals surface area contributed by atoms with Crippen LogP contribution < -0.4 is 10.6 Å². The van der Waals surface area contributed by atoms with E-state index in [0.717, 1.165) is 31.0 Å². The summed E-state index contributed by atoms with van der Waals surface area (Å²) in [6.45, 7) is 3.40. The van der Waals surface area contributed by atoms with Gasteiger partial charge in [0.25, 0.3) is 0 Å². The average Bonchev–Trinajstić information content (AvgIpc) is 3.26. The fourth-order valence-electron chi connectivity index (χ4n) is 3.80. The Morgan fingerprint density at radius 1 is 1.29 bits per heavy atom. The third-order valence-electron chi connectivity index (χ3n) is 5.15. The Labute approximate surface area is 143 Å². The van der Waals surface area contributed by atoms with Crippen molar-refractivity contribution < 1.29 is 9.90 Å². The Hall–Kier alpha value is -1.66. The number of aliphatic hydroxyl groups is 1. The van der Waals surface area contributed by atoms with Gasteiger partial charge in [-0.3, -0.25) is 4.98 Å². The molecule has 3 rings (SSSR count). The minimum absolute atomic E-state index is 0.198. The molecule has 2 atom stereocenters. The lowest BCUT2D eigenvalue weighted by molar-refractivity contribution is 0.172. The summed E-state index contributed by atoms with van der Waals surface area (Å²) < 4.78 is 0. The van der Waals surface area contributed by atoms with Gasteiger partial charge in [0.15, 0.2) is 0 Å². The molecule has 2 fully saturated rings. The number of hydrogen-bond acceptors (Lipinski definition) is 4. The normalized spacial score (nSPS) is 23.3. The summed E-state index contributed by atoms with van der Waals surface area (Å²) in [5, 5.41) is 15.8. The van der Waals surface area contributed by atoms with Crippen LogP contribution in [0.1, 0.15) is 43.8 Å². The summed E-state index contributed by atoms with van der Waals surface area (Å²) in [6.07, 6.45) is 9.05. The van der Waals surface area contributed by atoms with Crippen LogP contribution in [0.15, 0.2) is 24.5 Å². The van der Waals surface area contributed by atoms with E-state index >= 15 is 0 Å². The monoisotopic (exact) mass is 332 g/mol. The summed E-state index contributed by atoms with van der Waals surface area (Å²) in [5.74, 6) is 0.855. The standard InChI is InChI=1S/C18H28N4O2/c23-17(15-5-8-19-9-6-15)11-20-18(24)21-16-7-10-22(13-16)12-14-3-1-2-4-14/h5-6,8-9,14,16-17,23H,1-4,7,10-13H2,(H2,20,21,24). The smallest absolute Gasteiger partial charge is 0.315 e. The quantitative estimate of drug-likeness (QED) is 0.741. The van der Waals surface area contributed by atoms with E-state index < -0.39 is 6.10 Å². The van der Waals surface area contributed by atoms with E-state index in [1.807, 2.05) is 0 Å². The van der Waals surface area contributed by atoms with Gasteiger partial charge in [0.1, 0.15) is 0 Å². The molecule has 1 aromatic heterocycles. The first-order chi connectivity index (χ1) is 11.7. The summed E-state index contributed by atoms with van der Waals surface area (Å²) >= 11 is 0. The fraction of sp³-hybridized carbons (Fsp3) is 0.667. The third kappa shape index (κ3) is 4.92. The summed E-state index contributed by atoms with van der Waals surface area (Å²) in [7, 11) is 0. The van der Waals surface area contributed by atoms with Crippen LogP contribution in [-0.2, 0) is 0 Å². The number of aliphatic hydroxyl groups excluding tert-OH is 1. The second-order valence-corrected chi connectivity index (χ2v) is 7.05. The van der Waals surface area contributed by atoms with Gasteiger partial charge in [-0.1, -0.05) is 12.8 Å². The highest BCUT2D eigenvalue weighted by Crippen LogP contribution is 2.26. The van der Waals surface area contributed by atoms with Crippen LogP contribution in [0.2, 0.25) is 0 Å². The van der Waals surface area contributed by atoms with E-state index in [1.165, 1.54) is 32.2 Å². The van der Waals surface area contributed by atoms with Crippen molar-refractivity contribution in [2.75, 3.05) is 26.2 Å². The molecule has 1 aliphatic carbocycles. The van der Waals surface area contributed by atoms with Crippen LogP contribution in [0, 0.1) is 5.92 Å². The molecule has 0 aromatic carbocycles. The molecule has 1 aliphatic heterocycles. The molecule has 0 bridgehead atoms. The number of nitrogens with one attached hydrogen (secondary N) is 2. The third-order valence-corrected chi connectivity index (χ3v) is 5.15.